The summed E-state index contributed by atoms with van der Waals surface area (Å²) in [5, 5.41) is -1.33. The van der Waals surface area contributed by atoms with Gasteiger partial charge in [0.25, 0.3) is 10.1 Å². The Morgan fingerprint density at radius 2 is 1.63 bits per heavy atom. The summed E-state index contributed by atoms with van der Waals surface area (Å²) in [7, 11) is -12.5. The quantitative estimate of drug-likeness (QED) is 0.456. The third-order valence-electron chi connectivity index (χ3n) is 3.02. The molecule has 2 rings (SSSR count). The molecule has 0 radical (unpaired) electrons. The highest BCUT2D eigenvalue weighted by Crippen LogP contribution is 2.26. The third kappa shape index (κ3) is 5.62. The van der Waals surface area contributed by atoms with Crippen LogP contribution in [0.5, 0.6) is 0 Å². The second kappa shape index (κ2) is 7.35. The Bertz CT molecular complexity index is 1210. The molecule has 27 heavy (non-hydrogen) atoms. The molecule has 0 aliphatic heterocycles. The summed E-state index contributed by atoms with van der Waals surface area (Å²) in [5.74, 6) is -1.98. The van der Waals surface area contributed by atoms with Crippen molar-refractivity contribution in [2.45, 2.75) is 17.2 Å². The lowest BCUT2D eigenvalue weighted by Gasteiger charge is -2.08. The van der Waals surface area contributed by atoms with Crippen molar-refractivity contribution in [1.29, 1.82) is 0 Å². The van der Waals surface area contributed by atoms with Gasteiger partial charge in [0.15, 0.2) is 0 Å². The van der Waals surface area contributed by atoms with Crippen LogP contribution in [0.3, 0.4) is 0 Å². The molecule has 0 aromatic carbocycles. The van der Waals surface area contributed by atoms with Crippen LogP contribution < -0.4 is 0 Å². The molecule has 2 aromatic rings. The van der Waals surface area contributed by atoms with Crippen LogP contribution in [0.25, 0.3) is 11.4 Å². The first-order valence-electron chi connectivity index (χ1n) is 6.95. The highest BCUT2D eigenvalue weighted by molar-refractivity contribution is 7.93. The smallest absolute Gasteiger partial charge is 0.265 e. The molecule has 0 atom stereocenters. The molecule has 0 amide bonds. The highest BCUT2D eigenvalue weighted by atomic mass is 35.5. The van der Waals surface area contributed by atoms with E-state index in [4.69, 9.17) is 16.2 Å². The van der Waals surface area contributed by atoms with Crippen molar-refractivity contribution < 1.29 is 29.8 Å². The number of hydrogen-bond acceptors (Lipinski definition) is 10. The van der Waals surface area contributed by atoms with Gasteiger partial charge in [0.05, 0.1) is 28.4 Å². The predicted molar refractivity (Wildman–Crippen MR) is 94.4 cm³/mol. The molecule has 0 fully saturated rings. The maximum Gasteiger partial charge on any atom is 0.265 e. The van der Waals surface area contributed by atoms with Gasteiger partial charge in [-0.05, 0) is 13.0 Å². The van der Waals surface area contributed by atoms with Gasteiger partial charge in [0, 0.05) is 11.9 Å². The topological polar surface area (TPSA) is 174 Å². The largest absolute Gasteiger partial charge is 0.286 e. The molecule has 1 N–H and O–H groups in total. The van der Waals surface area contributed by atoms with Gasteiger partial charge in [-0.3, -0.25) is 4.55 Å². The monoisotopic (exact) mass is 456 g/mol. The second-order valence-corrected chi connectivity index (χ2v) is 11.3. The van der Waals surface area contributed by atoms with Crippen molar-refractivity contribution in [3.63, 3.8) is 0 Å². The zero-order valence-corrected chi connectivity index (χ0v) is 17.1. The lowest BCUT2D eigenvalue weighted by molar-refractivity contribution is 0.484. The number of hydrogen-bond donors (Lipinski definition) is 1. The van der Waals surface area contributed by atoms with Crippen molar-refractivity contribution in [1.82, 2.24) is 19.9 Å². The fraction of sp³-hybridized carbons (Fsp3) is 0.333. The molecule has 2 heterocycles. The summed E-state index contributed by atoms with van der Waals surface area (Å²) in [5.41, 5.74) is -0.0462. The van der Waals surface area contributed by atoms with Gasteiger partial charge >= 0.3 is 0 Å². The Labute approximate surface area is 160 Å². The molecule has 0 bridgehead atoms. The Kier molecular flexibility index (Phi) is 5.87. The second-order valence-electron chi connectivity index (χ2n) is 5.40. The van der Waals surface area contributed by atoms with E-state index in [1.165, 1.54) is 13.0 Å². The molecule has 0 saturated heterocycles. The summed E-state index contributed by atoms with van der Waals surface area (Å²) in [6.45, 7) is 1.44. The van der Waals surface area contributed by atoms with Crippen molar-refractivity contribution in [3.05, 3.63) is 23.0 Å². The van der Waals surface area contributed by atoms with Gasteiger partial charge < -0.3 is 0 Å². The van der Waals surface area contributed by atoms with Crippen LogP contribution in [-0.2, 0) is 29.8 Å². The zero-order chi connectivity index (χ0) is 20.6. The molecule has 0 unspecified atom stereocenters. The van der Waals surface area contributed by atoms with E-state index >= 15 is 0 Å². The van der Waals surface area contributed by atoms with Crippen LogP contribution in [0, 0.1) is 6.92 Å². The number of rotatable bonds is 6. The Balaban J connectivity index is 2.59. The first kappa shape index (κ1) is 21.6. The average Bonchev–Trinajstić information content (AvgIpc) is 2.51. The standard InChI is InChI=1S/C12H13ClN4O7S3/c1-7-5-9(10-8(13)6-14-11(17-10)25(2,18)19)16-12(15-7)26(20,21)3-4-27(22,23)24/h5-6H,3-4H2,1-2H3,(H,22,23,24). The van der Waals surface area contributed by atoms with Crippen LogP contribution in [0.15, 0.2) is 22.6 Å². The van der Waals surface area contributed by atoms with E-state index in [-0.39, 0.29) is 22.1 Å². The van der Waals surface area contributed by atoms with Crippen molar-refractivity contribution >= 4 is 41.4 Å². The van der Waals surface area contributed by atoms with Crippen LogP contribution >= 0.6 is 11.6 Å². The summed E-state index contributed by atoms with van der Waals surface area (Å²) >= 11 is 5.98. The minimum atomic E-state index is -4.51. The van der Waals surface area contributed by atoms with Gasteiger partial charge in [-0.25, -0.2) is 36.8 Å². The maximum atomic E-state index is 12.3. The fourth-order valence-corrected chi connectivity index (χ4v) is 4.93. The van der Waals surface area contributed by atoms with Gasteiger partial charge in [0.2, 0.25) is 30.0 Å². The SMILES string of the molecule is Cc1cc(-c2nc(S(C)(=O)=O)ncc2Cl)nc(S(=O)(=O)CCS(=O)(=O)O)n1. The third-order valence-corrected chi connectivity index (χ3v) is 6.61. The van der Waals surface area contributed by atoms with Crippen LogP contribution in [-0.4, -0.2) is 67.5 Å². The molecule has 11 nitrogen and oxygen atoms in total. The van der Waals surface area contributed by atoms with Crippen LogP contribution in [0.1, 0.15) is 5.69 Å². The molecule has 0 saturated carbocycles. The molecule has 0 spiro atoms. The number of sulfone groups is 2. The molecule has 148 valence electrons. The summed E-state index contributed by atoms with van der Waals surface area (Å²) in [6.07, 6.45) is 1.92. The Morgan fingerprint density at radius 1 is 1.00 bits per heavy atom. The minimum absolute atomic E-state index is 0.0817. The van der Waals surface area contributed by atoms with E-state index in [1.807, 2.05) is 0 Å². The van der Waals surface area contributed by atoms with E-state index in [1.54, 1.807) is 0 Å². The average molecular weight is 457 g/mol. The number of aromatic nitrogens is 4. The van der Waals surface area contributed by atoms with Crippen molar-refractivity contribution in [2.24, 2.45) is 0 Å². The number of nitrogens with zero attached hydrogens (tertiary/aromatic N) is 4. The predicted octanol–water partition coefficient (Wildman–Crippen LogP) is -0.0396. The van der Waals surface area contributed by atoms with E-state index in [0.29, 0.717) is 0 Å². The summed E-state index contributed by atoms with van der Waals surface area (Å²) in [6, 6.07) is 1.32. The molecule has 15 heteroatoms. The summed E-state index contributed by atoms with van der Waals surface area (Å²) in [4.78, 5) is 15.0. The first-order valence-corrected chi connectivity index (χ1v) is 12.5. The Morgan fingerprint density at radius 3 is 2.19 bits per heavy atom. The van der Waals surface area contributed by atoms with E-state index in [0.717, 1.165) is 12.5 Å². The number of aryl methyl sites for hydroxylation is 1. The van der Waals surface area contributed by atoms with Gasteiger partial charge in [0.1, 0.15) is 5.69 Å². The normalized spacial score (nSPS) is 12.9. The van der Waals surface area contributed by atoms with Crippen LogP contribution in [0.2, 0.25) is 5.02 Å². The lowest BCUT2D eigenvalue weighted by Crippen LogP contribution is -2.19. The number of halogens is 1. The van der Waals surface area contributed by atoms with E-state index in [2.05, 4.69) is 19.9 Å². The van der Waals surface area contributed by atoms with Gasteiger partial charge in [-0.1, -0.05) is 11.6 Å². The van der Waals surface area contributed by atoms with E-state index in [9.17, 15) is 25.3 Å². The zero-order valence-electron chi connectivity index (χ0n) is 13.9. The molecular formula is C12H13ClN4O7S3. The Hall–Kier alpha value is -1.74. The van der Waals surface area contributed by atoms with Gasteiger partial charge in [-0.2, -0.15) is 8.42 Å². The molecular weight excluding hydrogens is 444 g/mol. The minimum Gasteiger partial charge on any atom is -0.286 e. The highest BCUT2D eigenvalue weighted by Gasteiger charge is 2.24. The van der Waals surface area contributed by atoms with Gasteiger partial charge in [-0.15, -0.1) is 0 Å². The molecule has 0 aliphatic rings. The van der Waals surface area contributed by atoms with Crippen molar-refractivity contribution in [2.75, 3.05) is 17.8 Å². The van der Waals surface area contributed by atoms with Crippen LogP contribution in [0.4, 0.5) is 0 Å². The molecule has 0 aliphatic carbocycles. The first-order chi connectivity index (χ1) is 12.2. The fourth-order valence-electron chi connectivity index (χ4n) is 1.82. The van der Waals surface area contributed by atoms with Crippen molar-refractivity contribution in [3.8, 4) is 11.4 Å². The molecule has 2 aromatic heterocycles. The lowest BCUT2D eigenvalue weighted by atomic mass is 10.2. The summed E-state index contributed by atoms with van der Waals surface area (Å²) < 4.78 is 78.1. The van der Waals surface area contributed by atoms with E-state index < -0.39 is 51.6 Å². The maximum absolute atomic E-state index is 12.3.